The third kappa shape index (κ3) is 1.88. The van der Waals surface area contributed by atoms with Crippen LogP contribution in [0.2, 0.25) is 0 Å². The van der Waals surface area contributed by atoms with Crippen LogP contribution in [-0.4, -0.2) is 51.6 Å². The highest BCUT2D eigenvalue weighted by Gasteiger charge is 2.34. The lowest BCUT2D eigenvalue weighted by molar-refractivity contribution is -0.251. The number of aliphatic hydroxyl groups excluding tert-OH is 4. The van der Waals surface area contributed by atoms with Crippen molar-refractivity contribution in [1.29, 1.82) is 0 Å². The number of aliphatic hydroxyl groups is 4. The summed E-state index contributed by atoms with van der Waals surface area (Å²) in [5.41, 5.74) is 0. The largest absolute Gasteiger partial charge is 0.394 e. The van der Waals surface area contributed by atoms with Gasteiger partial charge in [-0.15, -0.1) is 0 Å². The Hall–Kier alpha value is -0.200. The maximum Gasteiger partial charge on any atom is 0.181 e. The molecule has 2 unspecified atom stereocenters. The van der Waals surface area contributed by atoms with Gasteiger partial charge in [-0.25, -0.2) is 0 Å². The Bertz CT molecular complexity index is 150. The van der Waals surface area contributed by atoms with Gasteiger partial charge in [0.25, 0.3) is 0 Å². The fourth-order valence-corrected chi connectivity index (χ4v) is 0.912. The third-order valence-electron chi connectivity index (χ3n) is 1.56. The molecule has 66 valence electrons. The Balaban J connectivity index is 2.63. The number of rotatable bonds is 1. The van der Waals surface area contributed by atoms with E-state index in [2.05, 4.69) is 4.74 Å². The van der Waals surface area contributed by atoms with E-state index in [1.807, 2.05) is 0 Å². The van der Waals surface area contributed by atoms with Crippen LogP contribution in [0.3, 0.4) is 0 Å². The van der Waals surface area contributed by atoms with Gasteiger partial charge in [0.2, 0.25) is 0 Å². The van der Waals surface area contributed by atoms with Crippen LogP contribution in [0.15, 0.2) is 0 Å². The van der Waals surface area contributed by atoms with Crippen LogP contribution in [0.5, 0.6) is 0 Å². The van der Waals surface area contributed by atoms with Gasteiger partial charge in [0, 0.05) is 7.77 Å². The van der Waals surface area contributed by atoms with Crippen molar-refractivity contribution in [3.63, 3.8) is 0 Å². The van der Waals surface area contributed by atoms with Gasteiger partial charge in [-0.2, -0.15) is 0 Å². The van der Waals surface area contributed by atoms with E-state index in [1.54, 1.807) is 0 Å². The fraction of sp³-hybridized carbons (Fsp3) is 1.00. The van der Waals surface area contributed by atoms with E-state index in [0.29, 0.717) is 0 Å². The first-order valence-electron chi connectivity index (χ1n) is 3.88. The molecule has 1 aliphatic rings. The molecular formula is C6H12O5. The second-order valence-corrected chi connectivity index (χ2v) is 2.42. The molecular weight excluding hydrogens is 153 g/mol. The first-order chi connectivity index (χ1) is 5.57. The summed E-state index contributed by atoms with van der Waals surface area (Å²) in [6, 6.07) is 0. The molecule has 1 rings (SSSR count). The van der Waals surface area contributed by atoms with Crippen LogP contribution >= 0.6 is 0 Å². The van der Waals surface area contributed by atoms with E-state index in [0.717, 1.165) is 0 Å². The molecule has 5 nitrogen and oxygen atoms in total. The highest BCUT2D eigenvalue weighted by molar-refractivity contribution is 4.79. The number of hydrogen-bond acceptors (Lipinski definition) is 5. The summed E-state index contributed by atoms with van der Waals surface area (Å²) in [5.74, 6) is 0. The van der Waals surface area contributed by atoms with Gasteiger partial charge in [-0.1, -0.05) is 0 Å². The van der Waals surface area contributed by atoms with Gasteiger partial charge in [0.1, 0.15) is 12.2 Å². The molecule has 5 atom stereocenters. The molecule has 0 bridgehead atoms. The average Bonchev–Trinajstić information content (AvgIpc) is 2.08. The molecule has 1 heterocycles. The summed E-state index contributed by atoms with van der Waals surface area (Å²) in [6.07, 6.45) is -6.44. The van der Waals surface area contributed by atoms with Gasteiger partial charge >= 0.3 is 0 Å². The third-order valence-corrected chi connectivity index (χ3v) is 1.56. The van der Waals surface area contributed by atoms with Crippen molar-refractivity contribution in [3.8, 4) is 0 Å². The van der Waals surface area contributed by atoms with Crippen LogP contribution in [0, 0.1) is 0 Å². The van der Waals surface area contributed by atoms with Gasteiger partial charge in [0.15, 0.2) is 6.29 Å². The molecule has 0 amide bonds. The Morgan fingerprint density at radius 2 is 2.00 bits per heavy atom. The smallest absolute Gasteiger partial charge is 0.181 e. The normalized spacial score (nSPS) is 53.8. The van der Waals surface area contributed by atoms with Crippen LogP contribution in [0.4, 0.5) is 0 Å². The van der Waals surface area contributed by atoms with E-state index < -0.39 is 37.6 Å². The van der Waals surface area contributed by atoms with Crippen molar-refractivity contribution >= 4 is 0 Å². The summed E-state index contributed by atoms with van der Waals surface area (Å²) in [4.78, 5) is 0. The average molecular weight is 166 g/mol. The molecule has 0 aromatic heterocycles. The van der Waals surface area contributed by atoms with E-state index in [9.17, 15) is 5.11 Å². The summed E-state index contributed by atoms with van der Waals surface area (Å²) in [6.45, 7) is -0.486. The standard InChI is InChI=1S/C6H12O5/c7-2-5-3(8)1-4(9)6(10)11-5/h3-10H,1-2H2/t3-,4+,5+,6?/m0/s1/i1+1D/t1?,3-,4+,5+,6?. The monoisotopic (exact) mass is 166 g/mol. The minimum atomic E-state index is -1.51. The van der Waals surface area contributed by atoms with E-state index >= 15 is 0 Å². The molecule has 5 heteroatoms. The first-order valence-corrected chi connectivity index (χ1v) is 3.30. The van der Waals surface area contributed by atoms with Gasteiger partial charge in [-0.3, -0.25) is 0 Å². The quantitative estimate of drug-likeness (QED) is 0.332. The van der Waals surface area contributed by atoms with Gasteiger partial charge < -0.3 is 25.2 Å². The lowest BCUT2D eigenvalue weighted by atomic mass is 10.2. The van der Waals surface area contributed by atoms with Crippen LogP contribution in [-0.2, 0) is 4.74 Å². The summed E-state index contributed by atoms with van der Waals surface area (Å²) >= 11 is 0. The molecule has 11 heavy (non-hydrogen) atoms. The Labute approximate surface area is 65.3 Å². The molecule has 0 saturated carbocycles. The van der Waals surface area contributed by atoms with Crippen molar-refractivity contribution in [3.05, 3.63) is 0 Å². The highest BCUT2D eigenvalue weighted by Crippen LogP contribution is 2.18. The lowest BCUT2D eigenvalue weighted by Gasteiger charge is -2.33. The predicted molar refractivity (Wildman–Crippen MR) is 34.6 cm³/mol. The molecule has 0 aromatic rings. The minimum Gasteiger partial charge on any atom is -0.394 e. The van der Waals surface area contributed by atoms with E-state index in [1.165, 1.54) is 0 Å². The Morgan fingerprint density at radius 1 is 1.36 bits per heavy atom. The first kappa shape index (κ1) is 7.45. The van der Waals surface area contributed by atoms with Crippen LogP contribution < -0.4 is 0 Å². The second kappa shape index (κ2) is 3.46. The fourth-order valence-electron chi connectivity index (χ4n) is 0.912. The predicted octanol–water partition coefficient (Wildman–Crippen LogP) is -2.19. The summed E-state index contributed by atoms with van der Waals surface area (Å²) < 4.78 is 11.8. The van der Waals surface area contributed by atoms with Gasteiger partial charge in [-0.05, 0) is 0 Å². The Morgan fingerprint density at radius 3 is 2.55 bits per heavy atom. The molecule has 1 saturated heterocycles. The molecule has 0 aliphatic carbocycles. The highest BCUT2D eigenvalue weighted by atomic mass is 16.6. The summed E-state index contributed by atoms with van der Waals surface area (Å²) in [7, 11) is 0. The topological polar surface area (TPSA) is 90.2 Å². The molecule has 1 aliphatic heterocycles. The molecule has 0 aromatic carbocycles. The molecule has 1 fully saturated rings. The second-order valence-electron chi connectivity index (χ2n) is 2.42. The molecule has 0 radical (unpaired) electrons. The zero-order valence-corrected chi connectivity index (χ0v) is 5.79. The SMILES string of the molecule is [2H][13CH]1[C@H](O)[C@@H](CO)OC(O)[C@@H]1O. The Kier molecular flexibility index (Phi) is 2.35. The lowest BCUT2D eigenvalue weighted by Crippen LogP contribution is -2.48. The molecule has 0 spiro atoms. The van der Waals surface area contributed by atoms with Crippen molar-refractivity contribution in [1.82, 2.24) is 0 Å². The summed E-state index contributed by atoms with van der Waals surface area (Å²) in [5, 5.41) is 35.8. The van der Waals surface area contributed by atoms with Crippen LogP contribution in [0.25, 0.3) is 0 Å². The van der Waals surface area contributed by atoms with Crippen molar-refractivity contribution < 1.29 is 26.5 Å². The minimum absolute atomic E-state index is 0.486. The zero-order valence-electron chi connectivity index (χ0n) is 6.79. The maximum atomic E-state index is 9.18. The van der Waals surface area contributed by atoms with E-state index in [4.69, 9.17) is 16.7 Å². The number of ether oxygens (including phenoxy) is 1. The number of hydrogen-bond donors (Lipinski definition) is 4. The van der Waals surface area contributed by atoms with Gasteiger partial charge in [0.05, 0.1) is 12.7 Å². The molecule has 4 N–H and O–H groups in total. The van der Waals surface area contributed by atoms with Crippen molar-refractivity contribution in [2.45, 2.75) is 31.0 Å². The van der Waals surface area contributed by atoms with Crippen molar-refractivity contribution in [2.24, 2.45) is 0 Å². The zero-order chi connectivity index (χ0) is 9.30. The van der Waals surface area contributed by atoms with Crippen LogP contribution in [0.1, 0.15) is 7.77 Å². The van der Waals surface area contributed by atoms with Crippen molar-refractivity contribution in [2.75, 3.05) is 6.61 Å². The maximum absolute atomic E-state index is 9.18. The van der Waals surface area contributed by atoms with E-state index in [-0.39, 0.29) is 0 Å².